The molecule has 0 aliphatic heterocycles. The topological polar surface area (TPSA) is 78.9 Å². The Kier molecular flexibility index (Phi) is 5.92. The third kappa shape index (κ3) is 4.33. The van der Waals surface area contributed by atoms with Crippen LogP contribution in [-0.4, -0.2) is 21.4 Å². The van der Waals surface area contributed by atoms with Crippen LogP contribution in [0.4, 0.5) is 0 Å². The molecule has 6 nitrogen and oxygen atoms in total. The lowest BCUT2D eigenvalue weighted by Crippen LogP contribution is -2.42. The molecule has 2 amide bonds. The molecule has 4 rings (SSSR count). The molecular formula is C21H22N4O2S2. The third-order valence-electron chi connectivity index (χ3n) is 5.03. The van der Waals surface area contributed by atoms with Crippen molar-refractivity contribution in [1.29, 1.82) is 0 Å². The minimum absolute atomic E-state index is 0.296. The Bertz CT molecular complexity index is 1060. The number of imidazole rings is 1. The van der Waals surface area contributed by atoms with Gasteiger partial charge in [0.25, 0.3) is 11.8 Å². The molecule has 0 unspecified atom stereocenters. The molecule has 3 aromatic rings. The quantitative estimate of drug-likeness (QED) is 0.431. The average molecular weight is 427 g/mol. The summed E-state index contributed by atoms with van der Waals surface area (Å²) in [4.78, 5) is 30.1. The van der Waals surface area contributed by atoms with Crippen molar-refractivity contribution in [1.82, 2.24) is 20.4 Å². The lowest BCUT2D eigenvalue weighted by Gasteiger charge is -2.09. The molecule has 2 aromatic heterocycles. The summed E-state index contributed by atoms with van der Waals surface area (Å²) in [5, 5.41) is 0. The number of hydrazine groups is 1. The summed E-state index contributed by atoms with van der Waals surface area (Å²) in [5.74, 6) is -0.736. The zero-order valence-corrected chi connectivity index (χ0v) is 17.5. The van der Waals surface area contributed by atoms with Crippen molar-refractivity contribution in [2.45, 2.75) is 38.5 Å². The molecule has 0 atom stereocenters. The van der Waals surface area contributed by atoms with Gasteiger partial charge in [0.2, 0.25) is 0 Å². The fourth-order valence-electron chi connectivity index (χ4n) is 3.56. The third-order valence-corrected chi connectivity index (χ3v) is 6.57. The average Bonchev–Trinajstić information content (AvgIpc) is 3.30. The molecular weight excluding hydrogens is 404 g/mol. The molecule has 150 valence electrons. The predicted octanol–water partition coefficient (Wildman–Crippen LogP) is 4.33. The lowest BCUT2D eigenvalue weighted by atomic mass is 10.00. The SMILES string of the molecule is O=C(NNC(=O)c1c[nH]c(=S)n1-c1ccccc1)c1cc2c(s1)CCCCCC2. The van der Waals surface area contributed by atoms with Gasteiger partial charge in [-0.05, 0) is 61.7 Å². The summed E-state index contributed by atoms with van der Waals surface area (Å²) in [6.45, 7) is 0. The van der Waals surface area contributed by atoms with E-state index in [1.54, 1.807) is 4.57 Å². The van der Waals surface area contributed by atoms with Gasteiger partial charge in [-0.25, -0.2) is 0 Å². The van der Waals surface area contributed by atoms with Gasteiger partial charge in [0.05, 0.1) is 4.88 Å². The number of aryl methyl sites for hydroxylation is 2. The fraction of sp³-hybridized carbons (Fsp3) is 0.286. The van der Waals surface area contributed by atoms with E-state index in [9.17, 15) is 9.59 Å². The van der Waals surface area contributed by atoms with Gasteiger partial charge in [0, 0.05) is 16.8 Å². The van der Waals surface area contributed by atoms with Crippen LogP contribution in [0.3, 0.4) is 0 Å². The number of thiophene rings is 1. The van der Waals surface area contributed by atoms with E-state index in [0.717, 1.165) is 24.9 Å². The van der Waals surface area contributed by atoms with Gasteiger partial charge in [-0.1, -0.05) is 31.0 Å². The number of carbonyl (C=O) groups excluding carboxylic acids is 2. The number of nitrogens with one attached hydrogen (secondary N) is 3. The molecule has 0 spiro atoms. The fourth-order valence-corrected chi connectivity index (χ4v) is 4.98. The van der Waals surface area contributed by atoms with E-state index in [2.05, 4.69) is 15.8 Å². The van der Waals surface area contributed by atoms with Gasteiger partial charge in [-0.15, -0.1) is 11.3 Å². The summed E-state index contributed by atoms with van der Waals surface area (Å²) < 4.78 is 2.04. The standard InChI is InChI=1S/C21H22N4O2S2/c26-19(16-13-22-21(28)25(16)15-9-5-3-6-10-15)23-24-20(27)18-12-14-8-4-1-2-7-11-17(14)29-18/h3,5-6,9-10,12-13H,1-2,4,7-8,11H2,(H,22,28)(H,23,26)(H,24,27). The first kappa shape index (κ1) is 19.6. The lowest BCUT2D eigenvalue weighted by molar-refractivity contribution is 0.0845. The molecule has 29 heavy (non-hydrogen) atoms. The van der Waals surface area contributed by atoms with Crippen molar-refractivity contribution < 1.29 is 9.59 Å². The minimum Gasteiger partial charge on any atom is -0.336 e. The first-order chi connectivity index (χ1) is 14.1. The number of fused-ring (bicyclic) bond motifs is 1. The van der Waals surface area contributed by atoms with Crippen LogP contribution in [0.2, 0.25) is 0 Å². The first-order valence-electron chi connectivity index (χ1n) is 9.71. The zero-order valence-electron chi connectivity index (χ0n) is 15.9. The van der Waals surface area contributed by atoms with Crippen LogP contribution in [0, 0.1) is 4.77 Å². The van der Waals surface area contributed by atoms with Crippen LogP contribution >= 0.6 is 23.6 Å². The minimum atomic E-state index is -0.440. The second-order valence-electron chi connectivity index (χ2n) is 7.03. The van der Waals surface area contributed by atoms with Crippen molar-refractivity contribution in [3.05, 3.63) is 68.4 Å². The Labute approximate surface area is 177 Å². The number of nitrogens with zero attached hydrogens (tertiary/aromatic N) is 1. The Balaban J connectivity index is 1.46. The van der Waals surface area contributed by atoms with Gasteiger partial charge in [-0.3, -0.25) is 25.0 Å². The van der Waals surface area contributed by atoms with Crippen LogP contribution in [0.25, 0.3) is 5.69 Å². The highest BCUT2D eigenvalue weighted by molar-refractivity contribution is 7.71. The number of hydrogen-bond donors (Lipinski definition) is 3. The van der Waals surface area contributed by atoms with Crippen LogP contribution in [0.15, 0.2) is 42.6 Å². The number of aromatic amines is 1. The molecule has 0 saturated carbocycles. The van der Waals surface area contributed by atoms with Crippen LogP contribution < -0.4 is 10.9 Å². The molecule has 8 heteroatoms. The number of amides is 2. The maximum atomic E-state index is 12.7. The smallest absolute Gasteiger partial charge is 0.288 e. The Morgan fingerprint density at radius 1 is 1.00 bits per heavy atom. The maximum Gasteiger partial charge on any atom is 0.288 e. The first-order valence-corrected chi connectivity index (χ1v) is 10.9. The number of benzene rings is 1. The summed E-state index contributed by atoms with van der Waals surface area (Å²) in [7, 11) is 0. The molecule has 0 radical (unpaired) electrons. The van der Waals surface area contributed by atoms with Gasteiger partial charge in [0.15, 0.2) is 4.77 Å². The van der Waals surface area contributed by atoms with Crippen molar-refractivity contribution in [2.24, 2.45) is 0 Å². The maximum absolute atomic E-state index is 12.7. The number of aromatic nitrogens is 2. The summed E-state index contributed by atoms with van der Waals surface area (Å²) >= 11 is 6.83. The van der Waals surface area contributed by atoms with Gasteiger partial charge < -0.3 is 4.98 Å². The van der Waals surface area contributed by atoms with E-state index in [1.165, 1.54) is 47.2 Å². The van der Waals surface area contributed by atoms with Crippen molar-refractivity contribution >= 4 is 35.4 Å². The molecule has 3 N–H and O–H groups in total. The second kappa shape index (κ2) is 8.75. The molecule has 0 bridgehead atoms. The van der Waals surface area contributed by atoms with E-state index in [1.807, 2.05) is 36.4 Å². The highest BCUT2D eigenvalue weighted by Gasteiger charge is 2.18. The van der Waals surface area contributed by atoms with Crippen LogP contribution in [0.1, 0.15) is 56.3 Å². The van der Waals surface area contributed by atoms with Crippen LogP contribution in [0.5, 0.6) is 0 Å². The number of para-hydroxylation sites is 1. The Morgan fingerprint density at radius 2 is 1.72 bits per heavy atom. The Hall–Kier alpha value is -2.71. The van der Waals surface area contributed by atoms with E-state index >= 15 is 0 Å². The largest absolute Gasteiger partial charge is 0.336 e. The summed E-state index contributed by atoms with van der Waals surface area (Å²) in [6, 6.07) is 11.3. The molecule has 0 saturated heterocycles. The van der Waals surface area contributed by atoms with E-state index < -0.39 is 5.91 Å². The van der Waals surface area contributed by atoms with E-state index in [4.69, 9.17) is 12.2 Å². The molecule has 2 heterocycles. The van der Waals surface area contributed by atoms with E-state index in [-0.39, 0.29) is 5.91 Å². The van der Waals surface area contributed by atoms with Gasteiger partial charge in [0.1, 0.15) is 5.69 Å². The highest BCUT2D eigenvalue weighted by Crippen LogP contribution is 2.28. The Morgan fingerprint density at radius 3 is 2.52 bits per heavy atom. The molecule has 1 aliphatic rings. The molecule has 1 aromatic carbocycles. The van der Waals surface area contributed by atoms with Crippen molar-refractivity contribution in [2.75, 3.05) is 0 Å². The number of carbonyl (C=O) groups is 2. The summed E-state index contributed by atoms with van der Waals surface area (Å²) in [5.41, 5.74) is 7.41. The number of H-pyrrole nitrogens is 1. The van der Waals surface area contributed by atoms with Gasteiger partial charge >= 0.3 is 0 Å². The monoisotopic (exact) mass is 426 g/mol. The summed E-state index contributed by atoms with van der Waals surface area (Å²) in [6.07, 6.45) is 8.41. The van der Waals surface area contributed by atoms with Crippen molar-refractivity contribution in [3.63, 3.8) is 0 Å². The van der Waals surface area contributed by atoms with E-state index in [0.29, 0.717) is 15.3 Å². The highest BCUT2D eigenvalue weighted by atomic mass is 32.1. The zero-order chi connectivity index (χ0) is 20.2. The molecule has 0 fully saturated rings. The van der Waals surface area contributed by atoms with Crippen LogP contribution in [-0.2, 0) is 12.8 Å². The number of hydrogen-bond acceptors (Lipinski definition) is 4. The second-order valence-corrected chi connectivity index (χ2v) is 8.56. The number of rotatable bonds is 3. The molecule has 1 aliphatic carbocycles. The van der Waals surface area contributed by atoms with Crippen molar-refractivity contribution in [3.8, 4) is 5.69 Å². The predicted molar refractivity (Wildman–Crippen MR) is 116 cm³/mol. The van der Waals surface area contributed by atoms with Gasteiger partial charge in [-0.2, -0.15) is 0 Å². The normalized spacial score (nSPS) is 13.8.